The standard InChI is InChI=1S/C14H23F3N2O.ClH/c1-18-8-10-5-6-19(9-10)13(20)11-3-2-4-12(7-11)14(15,16)17;/h10-12,18H,2-9H2,1H3;1H. The maximum Gasteiger partial charge on any atom is 0.391 e. The van der Waals surface area contributed by atoms with Crippen molar-refractivity contribution in [3.8, 4) is 0 Å². The minimum absolute atomic E-state index is 0. The Hall–Kier alpha value is -0.490. The number of rotatable bonds is 3. The number of carbonyl (C=O) groups excluding carboxylic acids is 1. The lowest BCUT2D eigenvalue weighted by Gasteiger charge is -2.32. The second-order valence-corrected chi connectivity index (χ2v) is 6.10. The van der Waals surface area contributed by atoms with Crippen LogP contribution in [0.2, 0.25) is 0 Å². The van der Waals surface area contributed by atoms with E-state index in [0.717, 1.165) is 13.0 Å². The largest absolute Gasteiger partial charge is 0.391 e. The molecule has 1 N–H and O–H groups in total. The molecular formula is C14H24ClF3N2O. The highest BCUT2D eigenvalue weighted by molar-refractivity contribution is 5.85. The molecular weight excluding hydrogens is 305 g/mol. The molecule has 0 aromatic carbocycles. The molecule has 124 valence electrons. The number of alkyl halides is 3. The molecule has 1 heterocycles. The summed E-state index contributed by atoms with van der Waals surface area (Å²) in [4.78, 5) is 14.1. The van der Waals surface area contributed by atoms with Crippen LogP contribution in [0.25, 0.3) is 0 Å². The number of amides is 1. The third kappa shape index (κ3) is 4.74. The number of carbonyl (C=O) groups is 1. The summed E-state index contributed by atoms with van der Waals surface area (Å²) in [5, 5.41) is 3.09. The summed E-state index contributed by atoms with van der Waals surface area (Å²) in [7, 11) is 1.87. The Balaban J connectivity index is 0.00000220. The van der Waals surface area contributed by atoms with Gasteiger partial charge in [-0.2, -0.15) is 13.2 Å². The first-order valence-corrected chi connectivity index (χ1v) is 7.42. The average Bonchev–Trinajstić information content (AvgIpc) is 2.86. The molecule has 3 nitrogen and oxygen atoms in total. The molecule has 3 atom stereocenters. The van der Waals surface area contributed by atoms with Gasteiger partial charge in [-0.1, -0.05) is 6.42 Å². The average molecular weight is 329 g/mol. The third-order valence-electron chi connectivity index (χ3n) is 4.58. The van der Waals surface area contributed by atoms with E-state index in [-0.39, 0.29) is 31.2 Å². The summed E-state index contributed by atoms with van der Waals surface area (Å²) in [6.07, 6.45) is -1.93. The van der Waals surface area contributed by atoms with Crippen LogP contribution in [-0.4, -0.2) is 43.7 Å². The van der Waals surface area contributed by atoms with E-state index in [9.17, 15) is 18.0 Å². The molecule has 2 aliphatic rings. The molecule has 3 unspecified atom stereocenters. The summed E-state index contributed by atoms with van der Waals surface area (Å²) in [5.74, 6) is -1.34. The Bertz CT molecular complexity index is 352. The molecule has 1 amide bonds. The first-order chi connectivity index (χ1) is 9.41. The van der Waals surface area contributed by atoms with E-state index in [2.05, 4.69) is 5.32 Å². The van der Waals surface area contributed by atoms with Crippen molar-refractivity contribution in [2.75, 3.05) is 26.7 Å². The number of hydrogen-bond donors (Lipinski definition) is 1. The van der Waals surface area contributed by atoms with Crippen molar-refractivity contribution in [2.24, 2.45) is 17.8 Å². The van der Waals surface area contributed by atoms with E-state index < -0.39 is 18.0 Å². The van der Waals surface area contributed by atoms with Gasteiger partial charge in [-0.15, -0.1) is 12.4 Å². The van der Waals surface area contributed by atoms with E-state index >= 15 is 0 Å². The lowest BCUT2D eigenvalue weighted by Crippen LogP contribution is -2.39. The maximum atomic E-state index is 12.8. The molecule has 0 radical (unpaired) electrons. The minimum atomic E-state index is -4.15. The van der Waals surface area contributed by atoms with Crippen molar-refractivity contribution < 1.29 is 18.0 Å². The van der Waals surface area contributed by atoms with Crippen molar-refractivity contribution in [2.45, 2.75) is 38.3 Å². The number of nitrogens with zero attached hydrogens (tertiary/aromatic N) is 1. The summed E-state index contributed by atoms with van der Waals surface area (Å²) < 4.78 is 38.4. The topological polar surface area (TPSA) is 32.3 Å². The molecule has 1 aliphatic carbocycles. The van der Waals surface area contributed by atoms with Crippen molar-refractivity contribution in [1.82, 2.24) is 10.2 Å². The Morgan fingerprint density at radius 3 is 2.62 bits per heavy atom. The Morgan fingerprint density at radius 2 is 2.00 bits per heavy atom. The van der Waals surface area contributed by atoms with Gasteiger partial charge >= 0.3 is 6.18 Å². The zero-order valence-electron chi connectivity index (χ0n) is 12.3. The van der Waals surface area contributed by atoms with Gasteiger partial charge in [0.15, 0.2) is 0 Å². The van der Waals surface area contributed by atoms with Gasteiger partial charge in [-0.25, -0.2) is 0 Å². The monoisotopic (exact) mass is 328 g/mol. The van der Waals surface area contributed by atoms with Crippen LogP contribution in [0.1, 0.15) is 32.1 Å². The zero-order valence-corrected chi connectivity index (χ0v) is 13.1. The smallest absolute Gasteiger partial charge is 0.342 e. The first-order valence-electron chi connectivity index (χ1n) is 7.42. The molecule has 0 aromatic heterocycles. The van der Waals surface area contributed by atoms with Gasteiger partial charge in [0.2, 0.25) is 5.91 Å². The summed E-state index contributed by atoms with van der Waals surface area (Å²) in [6.45, 7) is 2.24. The van der Waals surface area contributed by atoms with Gasteiger partial charge in [0.05, 0.1) is 5.92 Å². The second-order valence-electron chi connectivity index (χ2n) is 6.10. The van der Waals surface area contributed by atoms with Gasteiger partial charge in [0.1, 0.15) is 0 Å². The molecule has 0 aromatic rings. The Labute approximate surface area is 130 Å². The summed E-state index contributed by atoms with van der Waals surface area (Å²) in [6, 6.07) is 0. The predicted octanol–water partition coefficient (Wildman–Crippen LogP) is 2.84. The van der Waals surface area contributed by atoms with Crippen LogP contribution in [0.4, 0.5) is 13.2 Å². The lowest BCUT2D eigenvalue weighted by atomic mass is 9.80. The summed E-state index contributed by atoms with van der Waals surface area (Å²) >= 11 is 0. The molecule has 1 saturated carbocycles. The predicted molar refractivity (Wildman–Crippen MR) is 77.4 cm³/mol. The molecule has 0 spiro atoms. The molecule has 21 heavy (non-hydrogen) atoms. The normalized spacial score (nSPS) is 30.1. The fourth-order valence-electron chi connectivity index (χ4n) is 3.46. The van der Waals surface area contributed by atoms with E-state index in [4.69, 9.17) is 0 Å². The molecule has 0 bridgehead atoms. The molecule has 2 rings (SSSR count). The van der Waals surface area contributed by atoms with Gasteiger partial charge in [-0.3, -0.25) is 4.79 Å². The zero-order chi connectivity index (χ0) is 14.8. The fraction of sp³-hybridized carbons (Fsp3) is 0.929. The quantitative estimate of drug-likeness (QED) is 0.864. The molecule has 1 aliphatic heterocycles. The summed E-state index contributed by atoms with van der Waals surface area (Å²) in [5.41, 5.74) is 0. The highest BCUT2D eigenvalue weighted by Crippen LogP contribution is 2.40. The Kier molecular flexibility index (Phi) is 6.78. The van der Waals surface area contributed by atoms with Gasteiger partial charge in [0.25, 0.3) is 0 Å². The number of hydrogen-bond acceptors (Lipinski definition) is 2. The molecule has 2 fully saturated rings. The second kappa shape index (κ2) is 7.68. The van der Waals surface area contributed by atoms with Crippen molar-refractivity contribution >= 4 is 18.3 Å². The van der Waals surface area contributed by atoms with E-state index in [1.807, 2.05) is 7.05 Å². The van der Waals surface area contributed by atoms with Crippen LogP contribution in [-0.2, 0) is 4.79 Å². The molecule has 7 heteroatoms. The van der Waals surface area contributed by atoms with Crippen LogP contribution in [0.3, 0.4) is 0 Å². The molecule has 1 saturated heterocycles. The third-order valence-corrected chi connectivity index (χ3v) is 4.58. The van der Waals surface area contributed by atoms with Crippen molar-refractivity contribution in [3.05, 3.63) is 0 Å². The van der Waals surface area contributed by atoms with Crippen molar-refractivity contribution in [3.63, 3.8) is 0 Å². The fourth-order valence-corrected chi connectivity index (χ4v) is 3.46. The number of nitrogens with one attached hydrogen (secondary N) is 1. The van der Waals surface area contributed by atoms with Gasteiger partial charge < -0.3 is 10.2 Å². The van der Waals surface area contributed by atoms with Crippen molar-refractivity contribution in [1.29, 1.82) is 0 Å². The highest BCUT2D eigenvalue weighted by Gasteiger charge is 2.44. The van der Waals surface area contributed by atoms with Crippen LogP contribution < -0.4 is 5.32 Å². The van der Waals surface area contributed by atoms with E-state index in [0.29, 0.717) is 31.8 Å². The number of likely N-dealkylation sites (tertiary alicyclic amines) is 1. The van der Waals surface area contributed by atoms with E-state index in [1.54, 1.807) is 4.90 Å². The lowest BCUT2D eigenvalue weighted by molar-refractivity contribution is -0.187. The first kappa shape index (κ1) is 18.6. The maximum absolute atomic E-state index is 12.8. The van der Waals surface area contributed by atoms with Crippen LogP contribution in [0.15, 0.2) is 0 Å². The number of halogens is 4. The van der Waals surface area contributed by atoms with Gasteiger partial charge in [-0.05, 0) is 45.2 Å². The minimum Gasteiger partial charge on any atom is -0.342 e. The van der Waals surface area contributed by atoms with E-state index in [1.165, 1.54) is 0 Å². The van der Waals surface area contributed by atoms with Gasteiger partial charge in [0, 0.05) is 19.0 Å². The van der Waals surface area contributed by atoms with Crippen LogP contribution in [0, 0.1) is 17.8 Å². The SMILES string of the molecule is CNCC1CCN(C(=O)C2CCCC(C(F)(F)F)C2)C1.Cl. The highest BCUT2D eigenvalue weighted by atomic mass is 35.5. The van der Waals surface area contributed by atoms with Crippen LogP contribution >= 0.6 is 12.4 Å². The van der Waals surface area contributed by atoms with Crippen LogP contribution in [0.5, 0.6) is 0 Å². The Morgan fingerprint density at radius 1 is 1.29 bits per heavy atom.